The highest BCUT2D eigenvalue weighted by molar-refractivity contribution is 6.01. The van der Waals surface area contributed by atoms with Crippen LogP contribution in [0.5, 0.6) is 0 Å². The van der Waals surface area contributed by atoms with Crippen molar-refractivity contribution < 1.29 is 9.18 Å². The lowest BCUT2D eigenvalue weighted by Gasteiger charge is -2.10. The number of anilines is 1. The molecule has 3 nitrogen and oxygen atoms in total. The quantitative estimate of drug-likeness (QED) is 0.743. The monoisotopic (exact) mass is 294 g/mol. The molecule has 110 valence electrons. The third-order valence-corrected chi connectivity index (χ3v) is 3.38. The normalized spacial score (nSPS) is 10.4. The van der Waals surface area contributed by atoms with Crippen molar-refractivity contribution in [2.75, 3.05) is 5.32 Å². The van der Waals surface area contributed by atoms with E-state index in [1.54, 1.807) is 12.1 Å². The van der Waals surface area contributed by atoms with Gasteiger partial charge in [-0.1, -0.05) is 48.5 Å². The summed E-state index contributed by atoms with van der Waals surface area (Å²) in [6, 6.07) is 19.4. The molecule has 3 aromatic rings. The number of halogens is 1. The van der Waals surface area contributed by atoms with Crippen molar-refractivity contribution in [3.63, 3.8) is 0 Å². The summed E-state index contributed by atoms with van der Waals surface area (Å²) in [4.78, 5) is 12.0. The van der Waals surface area contributed by atoms with Crippen LogP contribution in [0.2, 0.25) is 0 Å². The number of nitrogens with one attached hydrogen (secondary N) is 2. The van der Waals surface area contributed by atoms with Crippen molar-refractivity contribution in [1.29, 1.82) is 0 Å². The minimum absolute atomic E-state index is 0.272. The molecule has 0 aliphatic carbocycles. The van der Waals surface area contributed by atoms with E-state index in [9.17, 15) is 9.18 Å². The van der Waals surface area contributed by atoms with E-state index >= 15 is 0 Å². The van der Waals surface area contributed by atoms with Gasteiger partial charge in [-0.15, -0.1) is 0 Å². The van der Waals surface area contributed by atoms with E-state index in [-0.39, 0.29) is 18.4 Å². The van der Waals surface area contributed by atoms with E-state index < -0.39 is 0 Å². The number of benzene rings is 3. The van der Waals surface area contributed by atoms with Crippen LogP contribution in [0, 0.1) is 5.82 Å². The molecule has 2 N–H and O–H groups in total. The Bertz CT molecular complexity index is 812. The summed E-state index contributed by atoms with van der Waals surface area (Å²) in [5.41, 5.74) is 1.46. The molecule has 0 spiro atoms. The average molecular weight is 294 g/mol. The van der Waals surface area contributed by atoms with Crippen molar-refractivity contribution in [3.05, 3.63) is 78.1 Å². The number of fused-ring (bicyclic) bond motifs is 1. The van der Waals surface area contributed by atoms with Crippen molar-refractivity contribution in [2.24, 2.45) is 0 Å². The van der Waals surface area contributed by atoms with E-state index in [0.717, 1.165) is 16.5 Å². The van der Waals surface area contributed by atoms with Gasteiger partial charge in [-0.3, -0.25) is 0 Å². The van der Waals surface area contributed by atoms with Crippen molar-refractivity contribution in [1.82, 2.24) is 5.32 Å². The van der Waals surface area contributed by atoms with Gasteiger partial charge in [-0.2, -0.15) is 0 Å². The smallest absolute Gasteiger partial charge is 0.319 e. The van der Waals surface area contributed by atoms with Crippen LogP contribution in [0.25, 0.3) is 10.8 Å². The van der Waals surface area contributed by atoms with Gasteiger partial charge in [0, 0.05) is 11.9 Å². The fourth-order valence-electron chi connectivity index (χ4n) is 2.33. The number of hydrogen-bond acceptors (Lipinski definition) is 1. The fraction of sp³-hybridized carbons (Fsp3) is 0.0556. The van der Waals surface area contributed by atoms with Gasteiger partial charge >= 0.3 is 6.03 Å². The van der Waals surface area contributed by atoms with Gasteiger partial charge in [0.05, 0.1) is 5.69 Å². The lowest BCUT2D eigenvalue weighted by atomic mass is 10.1. The molecule has 0 unspecified atom stereocenters. The summed E-state index contributed by atoms with van der Waals surface area (Å²) in [5, 5.41) is 7.59. The molecule has 3 aromatic carbocycles. The molecule has 4 heteroatoms. The van der Waals surface area contributed by atoms with E-state index in [2.05, 4.69) is 10.6 Å². The maximum Gasteiger partial charge on any atom is 0.319 e. The van der Waals surface area contributed by atoms with Gasteiger partial charge in [-0.25, -0.2) is 9.18 Å². The van der Waals surface area contributed by atoms with Crippen LogP contribution in [0.1, 0.15) is 5.56 Å². The highest BCUT2D eigenvalue weighted by atomic mass is 19.1. The Morgan fingerprint density at radius 1 is 0.955 bits per heavy atom. The Labute approximate surface area is 127 Å². The molecule has 0 atom stereocenters. The van der Waals surface area contributed by atoms with E-state index in [1.807, 2.05) is 42.5 Å². The zero-order chi connectivity index (χ0) is 15.4. The first-order valence-electron chi connectivity index (χ1n) is 6.99. The van der Waals surface area contributed by atoms with Crippen LogP contribution in [0.3, 0.4) is 0 Å². The van der Waals surface area contributed by atoms with Gasteiger partial charge in [-0.05, 0) is 29.1 Å². The predicted molar refractivity (Wildman–Crippen MR) is 86.2 cm³/mol. The van der Waals surface area contributed by atoms with Crippen molar-refractivity contribution in [3.8, 4) is 0 Å². The molecule has 0 bridgehead atoms. The SMILES string of the molecule is O=C(NCc1cccc(F)c1)Nc1cccc2ccccc12. The van der Waals surface area contributed by atoms with Crippen molar-refractivity contribution in [2.45, 2.75) is 6.54 Å². The minimum atomic E-state index is -0.319. The second-order valence-electron chi connectivity index (χ2n) is 4.96. The van der Waals surface area contributed by atoms with Crippen LogP contribution in [-0.4, -0.2) is 6.03 Å². The average Bonchev–Trinajstić information content (AvgIpc) is 2.53. The minimum Gasteiger partial charge on any atom is -0.334 e. The van der Waals surface area contributed by atoms with Gasteiger partial charge in [0.2, 0.25) is 0 Å². The Hall–Kier alpha value is -2.88. The van der Waals surface area contributed by atoms with Gasteiger partial charge in [0.15, 0.2) is 0 Å². The van der Waals surface area contributed by atoms with Gasteiger partial charge < -0.3 is 10.6 Å². The number of carbonyl (C=O) groups is 1. The molecule has 0 radical (unpaired) electrons. The summed E-state index contributed by atoms with van der Waals surface area (Å²) in [7, 11) is 0. The second kappa shape index (κ2) is 6.26. The summed E-state index contributed by atoms with van der Waals surface area (Å²) in [6.45, 7) is 0.272. The van der Waals surface area contributed by atoms with Crippen LogP contribution in [-0.2, 0) is 6.54 Å². The first-order chi connectivity index (χ1) is 10.7. The molecule has 0 heterocycles. The molecule has 0 aromatic heterocycles. The Balaban J connectivity index is 1.68. The maximum absolute atomic E-state index is 13.1. The summed E-state index contributed by atoms with van der Waals surface area (Å²) >= 11 is 0. The van der Waals surface area contributed by atoms with Crippen LogP contribution >= 0.6 is 0 Å². The molecular formula is C18H15FN2O. The number of amides is 2. The topological polar surface area (TPSA) is 41.1 Å². The third-order valence-electron chi connectivity index (χ3n) is 3.38. The molecular weight excluding hydrogens is 279 g/mol. The summed E-state index contributed by atoms with van der Waals surface area (Å²) in [5.74, 6) is -0.311. The van der Waals surface area contributed by atoms with E-state index in [1.165, 1.54) is 12.1 Å². The van der Waals surface area contributed by atoms with Crippen LogP contribution < -0.4 is 10.6 Å². The highest BCUT2D eigenvalue weighted by Crippen LogP contribution is 2.22. The second-order valence-corrected chi connectivity index (χ2v) is 4.96. The first-order valence-corrected chi connectivity index (χ1v) is 6.99. The Morgan fingerprint density at radius 2 is 1.73 bits per heavy atom. The molecule has 3 rings (SSSR count). The number of urea groups is 1. The zero-order valence-corrected chi connectivity index (χ0v) is 11.8. The highest BCUT2D eigenvalue weighted by Gasteiger charge is 2.05. The summed E-state index contributed by atoms with van der Waals surface area (Å²) in [6.07, 6.45) is 0. The van der Waals surface area contributed by atoms with Crippen molar-refractivity contribution >= 4 is 22.5 Å². The first kappa shape index (κ1) is 14.1. The predicted octanol–water partition coefficient (Wildman–Crippen LogP) is 4.30. The van der Waals surface area contributed by atoms with E-state index in [4.69, 9.17) is 0 Å². The molecule has 22 heavy (non-hydrogen) atoms. The molecule has 2 amide bonds. The number of hydrogen-bond donors (Lipinski definition) is 2. The van der Waals surface area contributed by atoms with Gasteiger partial charge in [0.1, 0.15) is 5.82 Å². The lowest BCUT2D eigenvalue weighted by molar-refractivity contribution is 0.251. The fourth-order valence-corrected chi connectivity index (χ4v) is 2.33. The Kier molecular flexibility index (Phi) is 4.01. The number of carbonyl (C=O) groups excluding carboxylic acids is 1. The molecule has 0 aliphatic rings. The van der Waals surface area contributed by atoms with Gasteiger partial charge in [0.25, 0.3) is 0 Å². The molecule has 0 fully saturated rings. The van der Waals surface area contributed by atoms with Crippen LogP contribution in [0.4, 0.5) is 14.9 Å². The number of rotatable bonds is 3. The standard InChI is InChI=1S/C18H15FN2O/c19-15-8-3-5-13(11-15)12-20-18(22)21-17-10-4-7-14-6-1-2-9-16(14)17/h1-11H,12H2,(H2,20,21,22). The lowest BCUT2D eigenvalue weighted by Crippen LogP contribution is -2.28. The third kappa shape index (κ3) is 3.23. The zero-order valence-electron chi connectivity index (χ0n) is 11.8. The molecule has 0 saturated heterocycles. The van der Waals surface area contributed by atoms with E-state index in [0.29, 0.717) is 5.56 Å². The Morgan fingerprint density at radius 3 is 2.59 bits per heavy atom. The molecule has 0 saturated carbocycles. The molecule has 0 aliphatic heterocycles. The maximum atomic E-state index is 13.1. The van der Waals surface area contributed by atoms with Crippen LogP contribution in [0.15, 0.2) is 66.7 Å². The largest absolute Gasteiger partial charge is 0.334 e. The summed E-state index contributed by atoms with van der Waals surface area (Å²) < 4.78 is 13.1.